The largest absolute Gasteiger partial charge is 0.371 e. The first-order valence-electron chi connectivity index (χ1n) is 3.80. The van der Waals surface area contributed by atoms with Crippen molar-refractivity contribution in [1.29, 1.82) is 0 Å². The molecule has 0 saturated carbocycles. The van der Waals surface area contributed by atoms with Gasteiger partial charge in [0.2, 0.25) is 0 Å². The molecule has 0 aromatic carbocycles. The smallest absolute Gasteiger partial charge is 0.151 e. The molecule has 0 heterocycles. The molecular weight excluding hydrogens is 150 g/mol. The van der Waals surface area contributed by atoms with Crippen LogP contribution in [0.3, 0.4) is 0 Å². The lowest BCUT2D eigenvalue weighted by atomic mass is 10.4. The van der Waals surface area contributed by atoms with E-state index >= 15 is 0 Å². The van der Waals surface area contributed by atoms with Gasteiger partial charge < -0.3 is 5.32 Å². The molecule has 0 aliphatic heterocycles. The topological polar surface area (TPSA) is 36.8 Å². The molecule has 0 aromatic rings. The van der Waals surface area contributed by atoms with E-state index in [0.29, 0.717) is 0 Å². The fourth-order valence-electron chi connectivity index (χ4n) is 0.752. The summed E-state index contributed by atoms with van der Waals surface area (Å²) >= 11 is 0. The van der Waals surface area contributed by atoms with Gasteiger partial charge in [-0.05, 0) is 26.6 Å². The first-order chi connectivity index (χ1) is 5.79. The second-order valence-corrected chi connectivity index (χ2v) is 2.03. The lowest BCUT2D eigenvalue weighted by Gasteiger charge is -2.01. The fourth-order valence-corrected chi connectivity index (χ4v) is 0.752. The minimum Gasteiger partial charge on any atom is -0.371 e. The summed E-state index contributed by atoms with van der Waals surface area (Å²) in [6.45, 7) is 7.24. The zero-order valence-electron chi connectivity index (χ0n) is 7.83. The Morgan fingerprint density at radius 1 is 1.42 bits per heavy atom. The number of allylic oxidation sites excluding steroid dienone is 2. The highest BCUT2D eigenvalue weighted by molar-refractivity contribution is 5.55. The zero-order chi connectivity index (χ0) is 9.40. The van der Waals surface area contributed by atoms with Crippen molar-refractivity contribution >= 4 is 12.9 Å². The summed E-state index contributed by atoms with van der Waals surface area (Å²) < 4.78 is 0. The molecule has 1 N–H and O–H groups in total. The highest BCUT2D eigenvalue weighted by atomic mass is 15.0. The van der Waals surface area contributed by atoms with Crippen LogP contribution in [0.1, 0.15) is 13.8 Å². The molecule has 0 fully saturated rings. The lowest BCUT2D eigenvalue weighted by molar-refractivity contribution is 0.942. The molecule has 66 valence electrons. The molecular formula is C9H15N3. The summed E-state index contributed by atoms with van der Waals surface area (Å²) in [6, 6.07) is 0. The number of aliphatic imine (C=N–C) groups is 2. The van der Waals surface area contributed by atoms with Gasteiger partial charge in [0.1, 0.15) is 5.70 Å². The van der Waals surface area contributed by atoms with E-state index in [1.165, 1.54) is 0 Å². The molecule has 0 saturated heterocycles. The third-order valence-electron chi connectivity index (χ3n) is 1.23. The summed E-state index contributed by atoms with van der Waals surface area (Å²) in [7, 11) is 1.80. The maximum absolute atomic E-state index is 4.09. The first kappa shape index (κ1) is 10.6. The number of rotatable bonds is 4. The average Bonchev–Trinajstić information content (AvgIpc) is 2.11. The Bertz CT molecular complexity index is 224. The molecule has 0 spiro atoms. The SMILES string of the molecule is C=NC(/C=C\C)=C(/N=C/C)NC. The Morgan fingerprint density at radius 2 is 2.08 bits per heavy atom. The summed E-state index contributed by atoms with van der Waals surface area (Å²) in [5, 5.41) is 2.94. The molecule has 0 aliphatic rings. The Morgan fingerprint density at radius 3 is 2.42 bits per heavy atom. The number of hydrogen-bond donors (Lipinski definition) is 1. The number of hydrogen-bond acceptors (Lipinski definition) is 3. The Kier molecular flexibility index (Phi) is 5.61. The van der Waals surface area contributed by atoms with Gasteiger partial charge >= 0.3 is 0 Å². The maximum atomic E-state index is 4.09. The van der Waals surface area contributed by atoms with E-state index < -0.39 is 0 Å². The van der Waals surface area contributed by atoms with Crippen molar-refractivity contribution in [3.63, 3.8) is 0 Å². The highest BCUT2D eigenvalue weighted by Gasteiger charge is 1.95. The molecule has 0 rings (SSSR count). The Balaban J connectivity index is 4.85. The molecule has 0 aliphatic carbocycles. The molecule has 3 nitrogen and oxygen atoms in total. The Hall–Kier alpha value is -1.38. The molecule has 0 bridgehead atoms. The van der Waals surface area contributed by atoms with E-state index in [4.69, 9.17) is 0 Å². The number of nitrogens with one attached hydrogen (secondary N) is 1. The van der Waals surface area contributed by atoms with E-state index in [1.807, 2.05) is 26.0 Å². The van der Waals surface area contributed by atoms with Gasteiger partial charge in [-0.2, -0.15) is 0 Å². The van der Waals surface area contributed by atoms with Crippen molar-refractivity contribution in [1.82, 2.24) is 5.32 Å². The number of nitrogens with zero attached hydrogens (tertiary/aromatic N) is 2. The van der Waals surface area contributed by atoms with Gasteiger partial charge in [0.05, 0.1) is 0 Å². The van der Waals surface area contributed by atoms with Crippen LogP contribution in [0.5, 0.6) is 0 Å². The van der Waals surface area contributed by atoms with E-state index in [0.717, 1.165) is 11.5 Å². The minimum absolute atomic E-state index is 0.727. The second-order valence-electron chi connectivity index (χ2n) is 2.03. The van der Waals surface area contributed by atoms with Gasteiger partial charge in [-0.3, -0.25) is 4.99 Å². The minimum atomic E-state index is 0.727. The molecule has 0 aromatic heterocycles. The van der Waals surface area contributed by atoms with Crippen LogP contribution in [0, 0.1) is 0 Å². The standard InChI is InChI=1S/C9H15N3/c1-5-7-8(10-3)9(11-4)12-6-2/h5-7,11H,3H2,1-2,4H3/b7-5-,9-8+,12-6+. The van der Waals surface area contributed by atoms with Crippen LogP contribution in [0.2, 0.25) is 0 Å². The van der Waals surface area contributed by atoms with Crippen molar-refractivity contribution in [2.24, 2.45) is 9.98 Å². The molecule has 0 radical (unpaired) electrons. The van der Waals surface area contributed by atoms with Gasteiger partial charge in [0.15, 0.2) is 5.82 Å². The normalized spacial score (nSPS) is 13.6. The van der Waals surface area contributed by atoms with E-state index in [9.17, 15) is 0 Å². The maximum Gasteiger partial charge on any atom is 0.151 e. The van der Waals surface area contributed by atoms with Crippen molar-refractivity contribution in [3.8, 4) is 0 Å². The van der Waals surface area contributed by atoms with Gasteiger partial charge in [0, 0.05) is 13.3 Å². The van der Waals surface area contributed by atoms with Crippen molar-refractivity contribution < 1.29 is 0 Å². The fraction of sp³-hybridized carbons (Fsp3) is 0.333. The summed E-state index contributed by atoms with van der Waals surface area (Å²) in [5.41, 5.74) is 0.748. The predicted octanol–water partition coefficient (Wildman–Crippen LogP) is 1.74. The average molecular weight is 165 g/mol. The van der Waals surface area contributed by atoms with Crippen LogP contribution in [0.25, 0.3) is 0 Å². The first-order valence-corrected chi connectivity index (χ1v) is 3.80. The van der Waals surface area contributed by atoms with Crippen molar-refractivity contribution in [2.45, 2.75) is 13.8 Å². The second kappa shape index (κ2) is 6.34. The van der Waals surface area contributed by atoms with Crippen LogP contribution in [-0.4, -0.2) is 20.0 Å². The molecule has 0 amide bonds. The molecule has 3 heteroatoms. The predicted molar refractivity (Wildman–Crippen MR) is 54.6 cm³/mol. The van der Waals surface area contributed by atoms with E-state index in [-0.39, 0.29) is 0 Å². The van der Waals surface area contributed by atoms with Gasteiger partial charge in [0.25, 0.3) is 0 Å². The Labute approximate surface area is 73.6 Å². The molecule has 12 heavy (non-hydrogen) atoms. The zero-order valence-corrected chi connectivity index (χ0v) is 7.83. The quantitative estimate of drug-likeness (QED) is 0.500. The van der Waals surface area contributed by atoms with Crippen LogP contribution >= 0.6 is 0 Å². The lowest BCUT2D eigenvalue weighted by Crippen LogP contribution is -2.05. The third kappa shape index (κ3) is 3.14. The van der Waals surface area contributed by atoms with E-state index in [2.05, 4.69) is 22.0 Å². The van der Waals surface area contributed by atoms with Crippen LogP contribution in [0.15, 0.2) is 33.7 Å². The van der Waals surface area contributed by atoms with Crippen LogP contribution in [-0.2, 0) is 0 Å². The molecule has 0 unspecified atom stereocenters. The third-order valence-corrected chi connectivity index (χ3v) is 1.23. The van der Waals surface area contributed by atoms with Crippen molar-refractivity contribution in [2.75, 3.05) is 7.05 Å². The van der Waals surface area contributed by atoms with Crippen molar-refractivity contribution in [3.05, 3.63) is 23.7 Å². The van der Waals surface area contributed by atoms with Crippen LogP contribution in [0.4, 0.5) is 0 Å². The van der Waals surface area contributed by atoms with E-state index in [1.54, 1.807) is 13.3 Å². The van der Waals surface area contributed by atoms with Gasteiger partial charge in [-0.25, -0.2) is 4.99 Å². The highest BCUT2D eigenvalue weighted by Crippen LogP contribution is 2.04. The summed E-state index contributed by atoms with van der Waals surface area (Å²) in [4.78, 5) is 7.93. The van der Waals surface area contributed by atoms with Crippen LogP contribution < -0.4 is 5.32 Å². The molecule has 0 atom stereocenters. The van der Waals surface area contributed by atoms with Gasteiger partial charge in [-0.1, -0.05) is 6.08 Å². The summed E-state index contributed by atoms with van der Waals surface area (Å²) in [6.07, 6.45) is 5.46. The van der Waals surface area contributed by atoms with Gasteiger partial charge in [-0.15, -0.1) is 0 Å². The summed E-state index contributed by atoms with van der Waals surface area (Å²) in [5.74, 6) is 0.727. The monoisotopic (exact) mass is 165 g/mol.